The average Bonchev–Trinajstić information content (AvgIpc) is 3.27. The van der Waals surface area contributed by atoms with E-state index in [1.54, 1.807) is 0 Å². The summed E-state index contributed by atoms with van der Waals surface area (Å²) in [7, 11) is 0. The molecule has 2 N–H and O–H groups in total. The van der Waals surface area contributed by atoms with Crippen molar-refractivity contribution in [2.24, 2.45) is 0 Å². The Balaban J connectivity index is 2.04. The van der Waals surface area contributed by atoms with E-state index < -0.39 is 0 Å². The number of benzene rings is 1. The van der Waals surface area contributed by atoms with E-state index in [1.807, 2.05) is 16.8 Å². The molecule has 1 atom stereocenters. The van der Waals surface area contributed by atoms with Crippen LogP contribution in [0.5, 0.6) is 0 Å². The lowest BCUT2D eigenvalue weighted by Gasteiger charge is -2.33. The van der Waals surface area contributed by atoms with E-state index in [2.05, 4.69) is 73.0 Å². The van der Waals surface area contributed by atoms with Gasteiger partial charge in [0.15, 0.2) is 5.82 Å². The molecule has 0 fully saturated rings. The van der Waals surface area contributed by atoms with Gasteiger partial charge in [0.1, 0.15) is 0 Å². The molecule has 0 radical (unpaired) electrons. The van der Waals surface area contributed by atoms with Crippen molar-refractivity contribution < 1.29 is 5.11 Å². The third kappa shape index (κ3) is 5.50. The molecular formula is C25H38N6O2. The van der Waals surface area contributed by atoms with Gasteiger partial charge in [0.05, 0.1) is 11.6 Å². The molecule has 2 heterocycles. The van der Waals surface area contributed by atoms with E-state index in [4.69, 9.17) is 0 Å². The number of aliphatic hydroxyl groups is 1. The first-order valence-corrected chi connectivity index (χ1v) is 12.0. The van der Waals surface area contributed by atoms with Crippen molar-refractivity contribution in [2.75, 3.05) is 13.2 Å². The summed E-state index contributed by atoms with van der Waals surface area (Å²) in [6.07, 6.45) is 3.31. The second-order valence-electron chi connectivity index (χ2n) is 9.61. The number of hydrogen-bond donors (Lipinski definition) is 2. The smallest absolute Gasteiger partial charge is 0.252 e. The maximum Gasteiger partial charge on any atom is 0.252 e. The Morgan fingerprint density at radius 1 is 1.18 bits per heavy atom. The summed E-state index contributed by atoms with van der Waals surface area (Å²) >= 11 is 0. The Kier molecular flexibility index (Phi) is 8.02. The normalized spacial score (nSPS) is 13.2. The molecule has 33 heavy (non-hydrogen) atoms. The molecule has 0 bridgehead atoms. The maximum absolute atomic E-state index is 13.0. The molecule has 0 saturated carbocycles. The first-order valence-electron chi connectivity index (χ1n) is 12.0. The van der Waals surface area contributed by atoms with Crippen molar-refractivity contribution in [3.05, 3.63) is 51.1 Å². The highest BCUT2D eigenvalue weighted by molar-refractivity contribution is 5.80. The number of aryl methyl sites for hydroxylation is 2. The van der Waals surface area contributed by atoms with Gasteiger partial charge in [-0.15, -0.1) is 5.10 Å². The molecule has 0 amide bonds. The minimum Gasteiger partial charge on any atom is -0.396 e. The summed E-state index contributed by atoms with van der Waals surface area (Å²) in [5.74, 6) is 0.810. The molecule has 1 aromatic carbocycles. The van der Waals surface area contributed by atoms with Crippen molar-refractivity contribution in [3.63, 3.8) is 0 Å². The summed E-state index contributed by atoms with van der Waals surface area (Å²) in [6, 6.07) is 6.09. The number of nitrogens with one attached hydrogen (secondary N) is 1. The molecule has 0 aliphatic carbocycles. The summed E-state index contributed by atoms with van der Waals surface area (Å²) in [5.41, 5.74) is 3.62. The highest BCUT2D eigenvalue weighted by Gasteiger charge is 2.31. The van der Waals surface area contributed by atoms with Crippen LogP contribution in [0.4, 0.5) is 0 Å². The Morgan fingerprint density at radius 3 is 2.58 bits per heavy atom. The van der Waals surface area contributed by atoms with Crippen LogP contribution in [0.3, 0.4) is 0 Å². The summed E-state index contributed by atoms with van der Waals surface area (Å²) in [4.78, 5) is 18.3. The largest absolute Gasteiger partial charge is 0.396 e. The van der Waals surface area contributed by atoms with E-state index >= 15 is 0 Å². The van der Waals surface area contributed by atoms with Gasteiger partial charge in [0, 0.05) is 30.8 Å². The second kappa shape index (κ2) is 10.6. The number of rotatable bonds is 11. The minimum absolute atomic E-state index is 0.0581. The molecule has 180 valence electrons. The van der Waals surface area contributed by atoms with Crippen LogP contribution < -0.4 is 5.56 Å². The molecule has 8 nitrogen and oxygen atoms in total. The van der Waals surface area contributed by atoms with E-state index in [1.165, 1.54) is 5.56 Å². The summed E-state index contributed by atoms with van der Waals surface area (Å²) in [6.45, 7) is 13.9. The zero-order chi connectivity index (χ0) is 24.2. The number of fused-ring (bicyclic) bond motifs is 1. The van der Waals surface area contributed by atoms with Crippen molar-refractivity contribution in [2.45, 2.75) is 85.4 Å². The molecule has 2 aromatic heterocycles. The SMILES string of the molecule is CCCC(c1nnnn1C(C)(C)CC)N(CCCO)Cc1cc2cc(C)c(C)cc2[nH]c1=O. The third-order valence-corrected chi connectivity index (χ3v) is 6.75. The fraction of sp³-hybridized carbons (Fsp3) is 0.600. The Morgan fingerprint density at radius 2 is 1.91 bits per heavy atom. The van der Waals surface area contributed by atoms with Crippen LogP contribution in [-0.4, -0.2) is 48.3 Å². The van der Waals surface area contributed by atoms with Gasteiger partial charge in [-0.3, -0.25) is 9.69 Å². The molecule has 3 aromatic rings. The summed E-state index contributed by atoms with van der Waals surface area (Å²) < 4.78 is 1.93. The van der Waals surface area contributed by atoms with Gasteiger partial charge < -0.3 is 10.1 Å². The van der Waals surface area contributed by atoms with Crippen LogP contribution in [-0.2, 0) is 12.1 Å². The Bertz CT molecular complexity index is 1130. The minimum atomic E-state index is -0.219. The van der Waals surface area contributed by atoms with Crippen LogP contribution in [0.25, 0.3) is 10.9 Å². The molecule has 0 aliphatic heterocycles. The van der Waals surface area contributed by atoms with E-state index in [0.29, 0.717) is 25.1 Å². The van der Waals surface area contributed by atoms with Crippen molar-refractivity contribution >= 4 is 10.9 Å². The zero-order valence-electron chi connectivity index (χ0n) is 20.9. The molecule has 0 spiro atoms. The number of aliphatic hydroxyl groups excluding tert-OH is 1. The standard InChI is InChI=1S/C25H38N6O2/c1-7-10-22(23-27-28-29-31(23)25(5,6)8-2)30(11-9-12-32)16-20-15-19-13-17(3)18(4)14-21(19)26-24(20)33/h13-15,22,32H,7-12,16H2,1-6H3,(H,26,33). The van der Waals surface area contributed by atoms with Gasteiger partial charge in [-0.2, -0.15) is 0 Å². The third-order valence-electron chi connectivity index (χ3n) is 6.75. The molecule has 0 aliphatic rings. The fourth-order valence-corrected chi connectivity index (χ4v) is 4.21. The lowest BCUT2D eigenvalue weighted by Crippen LogP contribution is -2.37. The maximum atomic E-state index is 13.0. The average molecular weight is 455 g/mol. The number of tetrazole rings is 1. The number of hydrogen-bond acceptors (Lipinski definition) is 6. The molecule has 1 unspecified atom stereocenters. The number of nitrogens with zero attached hydrogens (tertiary/aromatic N) is 5. The Hall–Kier alpha value is -2.58. The number of H-pyrrole nitrogens is 1. The van der Waals surface area contributed by atoms with Gasteiger partial charge in [0.2, 0.25) is 0 Å². The number of aromatic amines is 1. The van der Waals surface area contributed by atoms with E-state index in [0.717, 1.165) is 41.6 Å². The van der Waals surface area contributed by atoms with Crippen LogP contribution >= 0.6 is 0 Å². The van der Waals surface area contributed by atoms with Crippen molar-refractivity contribution in [3.8, 4) is 0 Å². The first-order chi connectivity index (χ1) is 15.7. The van der Waals surface area contributed by atoms with Gasteiger partial charge in [-0.25, -0.2) is 4.68 Å². The lowest BCUT2D eigenvalue weighted by molar-refractivity contribution is 0.139. The monoisotopic (exact) mass is 454 g/mol. The molecule has 0 saturated heterocycles. The van der Waals surface area contributed by atoms with Crippen LogP contribution in [0.15, 0.2) is 23.0 Å². The predicted molar refractivity (Wildman–Crippen MR) is 131 cm³/mol. The topological polar surface area (TPSA) is 99.9 Å². The van der Waals surface area contributed by atoms with Crippen molar-refractivity contribution in [1.29, 1.82) is 0 Å². The van der Waals surface area contributed by atoms with Gasteiger partial charge >= 0.3 is 0 Å². The number of pyridine rings is 1. The quantitative estimate of drug-likeness (QED) is 0.454. The lowest BCUT2D eigenvalue weighted by atomic mass is 10.0. The van der Waals surface area contributed by atoms with E-state index in [9.17, 15) is 9.90 Å². The highest BCUT2D eigenvalue weighted by Crippen LogP contribution is 2.30. The predicted octanol–water partition coefficient (Wildman–Crippen LogP) is 4.00. The Labute approximate surface area is 196 Å². The fourth-order valence-electron chi connectivity index (χ4n) is 4.21. The number of aromatic nitrogens is 5. The van der Waals surface area contributed by atoms with Gasteiger partial charge in [0.25, 0.3) is 5.56 Å². The highest BCUT2D eigenvalue weighted by atomic mass is 16.3. The van der Waals surface area contributed by atoms with Crippen LogP contribution in [0.1, 0.15) is 81.9 Å². The van der Waals surface area contributed by atoms with Crippen molar-refractivity contribution in [1.82, 2.24) is 30.1 Å². The van der Waals surface area contributed by atoms with Gasteiger partial charge in [-0.1, -0.05) is 20.3 Å². The molecule has 3 rings (SSSR count). The first kappa shape index (κ1) is 25.1. The van der Waals surface area contributed by atoms with E-state index in [-0.39, 0.29) is 23.7 Å². The second-order valence-corrected chi connectivity index (χ2v) is 9.61. The summed E-state index contributed by atoms with van der Waals surface area (Å²) in [5, 5.41) is 23.3. The molecule has 8 heteroatoms. The zero-order valence-corrected chi connectivity index (χ0v) is 20.9. The van der Waals surface area contributed by atoms with Gasteiger partial charge in [-0.05, 0) is 92.1 Å². The van der Waals surface area contributed by atoms with Crippen LogP contribution in [0.2, 0.25) is 0 Å². The van der Waals surface area contributed by atoms with Crippen LogP contribution in [0, 0.1) is 13.8 Å². The molecular weight excluding hydrogens is 416 g/mol.